The van der Waals surface area contributed by atoms with E-state index in [4.69, 9.17) is 8.85 Å². The van der Waals surface area contributed by atoms with E-state index in [1.807, 2.05) is 14.2 Å². The molecule has 3 heteroatoms. The van der Waals surface area contributed by atoms with Gasteiger partial charge in [-0.3, -0.25) is 0 Å². The fraction of sp³-hybridized carbons (Fsp3) is 1.00. The van der Waals surface area contributed by atoms with Crippen molar-refractivity contribution in [3.63, 3.8) is 0 Å². The predicted molar refractivity (Wildman–Crippen MR) is 138 cm³/mol. The molecule has 30 heavy (non-hydrogen) atoms. The zero-order valence-corrected chi connectivity index (χ0v) is 22.6. The summed E-state index contributed by atoms with van der Waals surface area (Å²) >= 11 is 0. The van der Waals surface area contributed by atoms with Crippen LogP contribution in [0.2, 0.25) is 12.1 Å². The fourth-order valence-corrected chi connectivity index (χ4v) is 7.37. The van der Waals surface area contributed by atoms with Crippen molar-refractivity contribution < 1.29 is 8.85 Å². The van der Waals surface area contributed by atoms with Gasteiger partial charge in [0.15, 0.2) is 0 Å². The fourth-order valence-electron chi connectivity index (χ4n) is 4.56. The second-order valence-electron chi connectivity index (χ2n) is 9.54. The third kappa shape index (κ3) is 18.9. The van der Waals surface area contributed by atoms with Gasteiger partial charge in [0.05, 0.1) is 0 Å². The van der Waals surface area contributed by atoms with Crippen LogP contribution in [0, 0.1) is 0 Å². The highest BCUT2D eigenvalue weighted by Crippen LogP contribution is 2.25. The van der Waals surface area contributed by atoms with Gasteiger partial charge in [0, 0.05) is 14.2 Å². The minimum atomic E-state index is -1.93. The number of hydrogen-bond acceptors (Lipinski definition) is 2. The van der Waals surface area contributed by atoms with Crippen LogP contribution in [-0.4, -0.2) is 22.8 Å². The number of hydrogen-bond donors (Lipinski definition) is 0. The largest absolute Gasteiger partial charge is 0.398 e. The first-order valence-corrected chi connectivity index (χ1v) is 16.1. The van der Waals surface area contributed by atoms with E-state index >= 15 is 0 Å². The third-order valence-corrected chi connectivity index (χ3v) is 10.5. The normalized spacial score (nSPS) is 12.0. The molecule has 0 aliphatic rings. The van der Waals surface area contributed by atoms with Gasteiger partial charge in [-0.1, -0.05) is 149 Å². The summed E-state index contributed by atoms with van der Waals surface area (Å²) in [6, 6.07) is 2.38. The van der Waals surface area contributed by atoms with E-state index in [0.717, 1.165) is 0 Å². The molecule has 0 rings (SSSR count). The molecule has 0 bridgehead atoms. The summed E-state index contributed by atoms with van der Waals surface area (Å²) in [4.78, 5) is 0. The predicted octanol–water partition coefficient (Wildman–Crippen LogP) is 9.95. The van der Waals surface area contributed by atoms with Crippen LogP contribution < -0.4 is 0 Å². The van der Waals surface area contributed by atoms with Crippen LogP contribution in [0.5, 0.6) is 0 Å². The van der Waals surface area contributed by atoms with Crippen molar-refractivity contribution in [1.29, 1.82) is 0 Å². The van der Waals surface area contributed by atoms with Crippen molar-refractivity contribution in [3.8, 4) is 0 Å². The average molecular weight is 443 g/mol. The smallest absolute Gasteiger partial charge is 0.337 e. The van der Waals surface area contributed by atoms with Gasteiger partial charge in [-0.15, -0.1) is 0 Å². The number of rotatable bonds is 25. The Hall–Kier alpha value is 0.137. The summed E-state index contributed by atoms with van der Waals surface area (Å²) in [5, 5.41) is 0. The van der Waals surface area contributed by atoms with E-state index in [9.17, 15) is 0 Å². The molecule has 0 fully saturated rings. The molecule has 0 spiro atoms. The molecule has 0 aliphatic heterocycles. The Labute approximate surface area is 192 Å². The second kappa shape index (κ2) is 23.8. The lowest BCUT2D eigenvalue weighted by Gasteiger charge is -2.27. The molecule has 182 valence electrons. The molecule has 0 aliphatic carbocycles. The molecule has 0 saturated heterocycles. The van der Waals surface area contributed by atoms with Gasteiger partial charge in [0.25, 0.3) is 0 Å². The van der Waals surface area contributed by atoms with Crippen LogP contribution >= 0.6 is 0 Å². The summed E-state index contributed by atoms with van der Waals surface area (Å²) < 4.78 is 12.0. The first-order chi connectivity index (χ1) is 14.7. The molecule has 0 aromatic rings. The van der Waals surface area contributed by atoms with Crippen molar-refractivity contribution in [2.45, 2.75) is 161 Å². The molecule has 0 N–H and O–H groups in total. The van der Waals surface area contributed by atoms with Gasteiger partial charge in [-0.25, -0.2) is 0 Å². The van der Waals surface area contributed by atoms with Crippen LogP contribution in [0.3, 0.4) is 0 Å². The summed E-state index contributed by atoms with van der Waals surface area (Å²) in [5.41, 5.74) is 0. The molecule has 2 nitrogen and oxygen atoms in total. The van der Waals surface area contributed by atoms with Crippen LogP contribution in [0.15, 0.2) is 0 Å². The van der Waals surface area contributed by atoms with E-state index in [-0.39, 0.29) is 0 Å². The Morgan fingerprint density at radius 3 is 0.833 bits per heavy atom. The molecular weight excluding hydrogens is 384 g/mol. The Morgan fingerprint density at radius 2 is 0.600 bits per heavy atom. The molecule has 0 atom stereocenters. The maximum Gasteiger partial charge on any atom is 0.337 e. The van der Waals surface area contributed by atoms with Crippen molar-refractivity contribution >= 4 is 8.56 Å². The highest BCUT2D eigenvalue weighted by atomic mass is 28.4. The first-order valence-electron chi connectivity index (χ1n) is 13.8. The summed E-state index contributed by atoms with van der Waals surface area (Å²) in [5.74, 6) is 0. The molecule has 0 aromatic heterocycles. The topological polar surface area (TPSA) is 18.5 Å². The van der Waals surface area contributed by atoms with Crippen molar-refractivity contribution in [1.82, 2.24) is 0 Å². The van der Waals surface area contributed by atoms with E-state index in [2.05, 4.69) is 13.8 Å². The molecule has 0 radical (unpaired) electrons. The average Bonchev–Trinajstić information content (AvgIpc) is 2.77. The Bertz CT molecular complexity index is 318. The lowest BCUT2D eigenvalue weighted by molar-refractivity contribution is 0.238. The molecule has 0 saturated carbocycles. The van der Waals surface area contributed by atoms with E-state index in [1.54, 1.807) is 0 Å². The summed E-state index contributed by atoms with van der Waals surface area (Å²) in [6.45, 7) is 4.59. The second-order valence-corrected chi connectivity index (χ2v) is 13.2. The minimum absolute atomic E-state index is 1.19. The summed E-state index contributed by atoms with van der Waals surface area (Å²) in [7, 11) is 1.86. The van der Waals surface area contributed by atoms with Gasteiger partial charge in [0.2, 0.25) is 0 Å². The monoisotopic (exact) mass is 442 g/mol. The SMILES string of the molecule is CCCCCCCCCCCCC[Si](CCCCCCCCCCCC)(OC)OC. The van der Waals surface area contributed by atoms with Crippen LogP contribution in [-0.2, 0) is 8.85 Å². The number of unbranched alkanes of at least 4 members (excludes halogenated alkanes) is 19. The zero-order valence-electron chi connectivity index (χ0n) is 21.6. The summed E-state index contributed by atoms with van der Waals surface area (Å²) in [6.07, 6.45) is 29.4. The molecule has 0 heterocycles. The van der Waals surface area contributed by atoms with Gasteiger partial charge < -0.3 is 8.85 Å². The third-order valence-electron chi connectivity index (χ3n) is 6.82. The van der Waals surface area contributed by atoms with Crippen LogP contribution in [0.25, 0.3) is 0 Å². The standard InChI is InChI=1S/C27H58O2Si/c1-5-7-9-11-13-15-17-19-21-23-25-27-30(28-3,29-4)26-24-22-20-18-16-14-12-10-8-6-2/h5-27H2,1-4H3. The molecule has 0 aromatic carbocycles. The minimum Gasteiger partial charge on any atom is -0.398 e. The molecule has 0 unspecified atom stereocenters. The van der Waals surface area contributed by atoms with Gasteiger partial charge in [-0.05, 0) is 12.1 Å². The van der Waals surface area contributed by atoms with E-state index < -0.39 is 8.56 Å². The van der Waals surface area contributed by atoms with Crippen molar-refractivity contribution in [3.05, 3.63) is 0 Å². The maximum absolute atomic E-state index is 5.98. The lowest BCUT2D eigenvalue weighted by atomic mass is 10.1. The Morgan fingerprint density at radius 1 is 0.367 bits per heavy atom. The van der Waals surface area contributed by atoms with Crippen LogP contribution in [0.1, 0.15) is 149 Å². The lowest BCUT2D eigenvalue weighted by Crippen LogP contribution is -2.39. The van der Waals surface area contributed by atoms with E-state index in [1.165, 1.54) is 147 Å². The molecular formula is C27H58O2Si. The van der Waals surface area contributed by atoms with Gasteiger partial charge in [-0.2, -0.15) is 0 Å². The van der Waals surface area contributed by atoms with Crippen molar-refractivity contribution in [2.24, 2.45) is 0 Å². The van der Waals surface area contributed by atoms with Gasteiger partial charge >= 0.3 is 8.56 Å². The van der Waals surface area contributed by atoms with Crippen LogP contribution in [0.4, 0.5) is 0 Å². The zero-order chi connectivity index (χ0) is 22.2. The van der Waals surface area contributed by atoms with E-state index in [0.29, 0.717) is 0 Å². The highest BCUT2D eigenvalue weighted by Gasteiger charge is 2.33. The van der Waals surface area contributed by atoms with Crippen molar-refractivity contribution in [2.75, 3.05) is 14.2 Å². The maximum atomic E-state index is 5.98. The Kier molecular flexibility index (Phi) is 23.9. The molecule has 0 amide bonds. The Balaban J connectivity index is 3.62. The van der Waals surface area contributed by atoms with Gasteiger partial charge in [0.1, 0.15) is 0 Å². The first kappa shape index (κ1) is 30.1. The highest BCUT2D eigenvalue weighted by molar-refractivity contribution is 6.67. The quantitative estimate of drug-likeness (QED) is 0.103.